The van der Waals surface area contributed by atoms with Crippen molar-refractivity contribution in [3.05, 3.63) is 89.7 Å². The van der Waals surface area contributed by atoms with Gasteiger partial charge in [-0.2, -0.15) is 4.31 Å². The molecule has 9 heteroatoms. The highest BCUT2D eigenvalue weighted by Gasteiger charge is 2.35. The molecule has 0 aromatic heterocycles. The lowest BCUT2D eigenvalue weighted by Gasteiger charge is -2.16. The summed E-state index contributed by atoms with van der Waals surface area (Å²) in [5, 5.41) is 8.68. The molecule has 0 spiro atoms. The number of hydrogen-bond acceptors (Lipinski definition) is 5. The summed E-state index contributed by atoms with van der Waals surface area (Å²) < 4.78 is 55.0. The summed E-state index contributed by atoms with van der Waals surface area (Å²) in [5.41, 5.74) is 2.62. The van der Waals surface area contributed by atoms with Crippen molar-refractivity contribution < 1.29 is 16.8 Å². The van der Waals surface area contributed by atoms with Gasteiger partial charge in [-0.1, -0.05) is 48.1 Å². The smallest absolute Gasteiger partial charge is 0.269 e. The van der Waals surface area contributed by atoms with Gasteiger partial charge < -0.3 is 0 Å². The molecule has 2 aromatic carbocycles. The third kappa shape index (κ3) is 4.89. The topological polar surface area (TPSA) is 98.6 Å². The van der Waals surface area contributed by atoms with Crippen molar-refractivity contribution in [1.29, 1.82) is 5.41 Å². The Morgan fingerprint density at radius 1 is 0.886 bits per heavy atom. The van der Waals surface area contributed by atoms with Crippen LogP contribution in [0.2, 0.25) is 0 Å². The summed E-state index contributed by atoms with van der Waals surface area (Å²) in [6, 6.07) is 13.0. The van der Waals surface area contributed by atoms with E-state index >= 15 is 0 Å². The summed E-state index contributed by atoms with van der Waals surface area (Å²) in [5.74, 6) is -0.140. The molecule has 0 atom stereocenters. The molecule has 0 aliphatic carbocycles. The van der Waals surface area contributed by atoms with E-state index < -0.39 is 20.0 Å². The standard InChI is InChI=1S/C26H29N3O4S2/c1-3-4-5-8-24-25(19-29(26(24)27)35(32,33)23-13-9-20(2)10-14-23)21-11-15-22(16-12-21)34(30,31)28-17-6-7-18-28/h3-4,8-16,19,27H,5-7,17-18H2,1-2H3/b4-3-,24-8+,27-26?. The second-order valence-electron chi connectivity index (χ2n) is 8.56. The van der Waals surface area contributed by atoms with Gasteiger partial charge in [-0.25, -0.2) is 21.1 Å². The number of rotatable bonds is 7. The van der Waals surface area contributed by atoms with Crippen LogP contribution in [0.4, 0.5) is 0 Å². The Morgan fingerprint density at radius 3 is 2.06 bits per heavy atom. The molecule has 0 radical (unpaired) electrons. The van der Waals surface area contributed by atoms with Crippen LogP contribution in [-0.2, 0) is 20.0 Å². The van der Waals surface area contributed by atoms with Gasteiger partial charge in [0.25, 0.3) is 10.0 Å². The van der Waals surface area contributed by atoms with Crippen LogP contribution in [-0.4, -0.2) is 44.4 Å². The van der Waals surface area contributed by atoms with Gasteiger partial charge in [0, 0.05) is 30.4 Å². The van der Waals surface area contributed by atoms with Gasteiger partial charge in [0.2, 0.25) is 10.0 Å². The first kappa shape index (κ1) is 25.1. The van der Waals surface area contributed by atoms with E-state index in [9.17, 15) is 16.8 Å². The fourth-order valence-electron chi connectivity index (χ4n) is 4.15. The second-order valence-corrected chi connectivity index (χ2v) is 12.3. The van der Waals surface area contributed by atoms with E-state index in [2.05, 4.69) is 0 Å². The molecule has 1 fully saturated rings. The molecule has 2 heterocycles. The maximum Gasteiger partial charge on any atom is 0.269 e. The maximum atomic E-state index is 13.4. The number of nitrogens with one attached hydrogen (secondary N) is 1. The van der Waals surface area contributed by atoms with Crippen LogP contribution in [0.25, 0.3) is 5.57 Å². The zero-order chi connectivity index (χ0) is 25.2. The molecule has 0 unspecified atom stereocenters. The summed E-state index contributed by atoms with van der Waals surface area (Å²) in [6.45, 7) is 4.82. The molecular formula is C26H29N3O4S2. The Kier molecular flexibility index (Phi) is 7.12. The fraction of sp³-hybridized carbons (Fsp3) is 0.269. The molecule has 2 aromatic rings. The Hall–Kier alpha value is -3.01. The number of hydrogen-bond donors (Lipinski definition) is 1. The summed E-state index contributed by atoms with van der Waals surface area (Å²) in [7, 11) is -7.53. The van der Waals surface area contributed by atoms with Crippen LogP contribution in [0.5, 0.6) is 0 Å². The number of nitrogens with zero attached hydrogens (tertiary/aromatic N) is 2. The van der Waals surface area contributed by atoms with E-state index in [-0.39, 0.29) is 15.6 Å². The highest BCUT2D eigenvalue weighted by molar-refractivity contribution is 7.90. The van der Waals surface area contributed by atoms with Crippen molar-refractivity contribution in [2.45, 2.75) is 42.9 Å². The third-order valence-corrected chi connectivity index (χ3v) is 9.74. The van der Waals surface area contributed by atoms with E-state index in [4.69, 9.17) is 5.41 Å². The van der Waals surface area contributed by atoms with Crippen molar-refractivity contribution >= 4 is 31.5 Å². The van der Waals surface area contributed by atoms with Gasteiger partial charge in [-0.15, -0.1) is 0 Å². The predicted molar refractivity (Wildman–Crippen MR) is 138 cm³/mol. The van der Waals surface area contributed by atoms with Crippen LogP contribution >= 0.6 is 0 Å². The Labute approximate surface area is 207 Å². The van der Waals surface area contributed by atoms with Crippen molar-refractivity contribution in [3.63, 3.8) is 0 Å². The first-order valence-electron chi connectivity index (χ1n) is 11.5. The zero-order valence-electron chi connectivity index (χ0n) is 19.8. The van der Waals surface area contributed by atoms with Crippen LogP contribution in [0.1, 0.15) is 37.3 Å². The number of allylic oxidation sites excluding steroid dienone is 3. The summed E-state index contributed by atoms with van der Waals surface area (Å²) in [6.07, 6.45) is 9.32. The number of sulfonamides is 2. The van der Waals surface area contributed by atoms with Crippen LogP contribution < -0.4 is 0 Å². The average molecular weight is 512 g/mol. The van der Waals surface area contributed by atoms with Crippen LogP contribution in [0.15, 0.2) is 88.3 Å². The molecule has 2 aliphatic heterocycles. The van der Waals surface area contributed by atoms with E-state index in [0.717, 1.165) is 22.7 Å². The van der Waals surface area contributed by atoms with Crippen LogP contribution in [0, 0.1) is 12.3 Å². The minimum absolute atomic E-state index is 0.102. The molecule has 4 rings (SSSR count). The van der Waals surface area contributed by atoms with E-state index in [1.54, 1.807) is 36.4 Å². The maximum absolute atomic E-state index is 13.4. The number of aryl methyl sites for hydroxylation is 1. The van der Waals surface area contributed by atoms with Crippen LogP contribution in [0.3, 0.4) is 0 Å². The SMILES string of the molecule is C/C=C\C/C=C1/C(=N)N(S(=O)(=O)c2ccc(C)cc2)C=C1c1ccc(S(=O)(=O)N2CCCC2)cc1. The lowest BCUT2D eigenvalue weighted by molar-refractivity contribution is 0.477. The van der Waals surface area contributed by atoms with Crippen molar-refractivity contribution in [1.82, 2.24) is 8.61 Å². The van der Waals surface area contributed by atoms with Gasteiger partial charge in [0.1, 0.15) is 5.84 Å². The number of benzene rings is 2. The van der Waals surface area contributed by atoms with E-state index in [1.807, 2.05) is 32.1 Å². The Bertz CT molecular complexity index is 1410. The minimum atomic E-state index is -3.98. The zero-order valence-corrected chi connectivity index (χ0v) is 21.4. The fourth-order valence-corrected chi connectivity index (χ4v) is 6.96. The molecule has 0 saturated carbocycles. The third-order valence-electron chi connectivity index (χ3n) is 6.15. The van der Waals surface area contributed by atoms with Gasteiger partial charge >= 0.3 is 0 Å². The molecule has 184 valence electrons. The molecular weight excluding hydrogens is 482 g/mol. The first-order valence-corrected chi connectivity index (χ1v) is 14.4. The normalized spacial score (nSPS) is 18.7. The largest absolute Gasteiger partial charge is 0.283 e. The predicted octanol–water partition coefficient (Wildman–Crippen LogP) is 4.69. The minimum Gasteiger partial charge on any atom is -0.283 e. The molecule has 0 bridgehead atoms. The monoisotopic (exact) mass is 511 g/mol. The molecule has 1 N–H and O–H groups in total. The van der Waals surface area contributed by atoms with Gasteiger partial charge in [-0.3, -0.25) is 5.41 Å². The molecule has 0 amide bonds. The Morgan fingerprint density at radius 2 is 1.46 bits per heavy atom. The number of amidine groups is 1. The van der Waals surface area contributed by atoms with Gasteiger partial charge in [0.05, 0.1) is 9.79 Å². The highest BCUT2D eigenvalue weighted by atomic mass is 32.2. The molecule has 7 nitrogen and oxygen atoms in total. The van der Waals surface area contributed by atoms with E-state index in [1.165, 1.54) is 22.6 Å². The van der Waals surface area contributed by atoms with Gasteiger partial charge in [0.15, 0.2) is 0 Å². The van der Waals surface area contributed by atoms with Crippen molar-refractivity contribution in [3.8, 4) is 0 Å². The highest BCUT2D eigenvalue weighted by Crippen LogP contribution is 2.36. The van der Waals surface area contributed by atoms with Crippen molar-refractivity contribution in [2.75, 3.05) is 13.1 Å². The molecule has 1 saturated heterocycles. The Balaban J connectivity index is 1.73. The van der Waals surface area contributed by atoms with Crippen molar-refractivity contribution in [2.24, 2.45) is 0 Å². The van der Waals surface area contributed by atoms with E-state index in [0.29, 0.717) is 36.2 Å². The lowest BCUT2D eigenvalue weighted by atomic mass is 9.99. The quantitative estimate of drug-likeness (QED) is 0.545. The molecule has 2 aliphatic rings. The average Bonchev–Trinajstić information content (AvgIpc) is 3.49. The summed E-state index contributed by atoms with van der Waals surface area (Å²) in [4.78, 5) is 0.311. The second kappa shape index (κ2) is 9.93. The lowest BCUT2D eigenvalue weighted by Crippen LogP contribution is -2.29. The first-order chi connectivity index (χ1) is 16.7. The molecule has 35 heavy (non-hydrogen) atoms. The summed E-state index contributed by atoms with van der Waals surface area (Å²) >= 11 is 0. The van der Waals surface area contributed by atoms with Gasteiger partial charge in [-0.05, 0) is 62.9 Å².